The zero-order valence-electron chi connectivity index (χ0n) is 16.2. The molecular weight excluding hydrogens is 360 g/mol. The third-order valence-corrected chi connectivity index (χ3v) is 7.71. The summed E-state index contributed by atoms with van der Waals surface area (Å²) in [6.45, 7) is 8.85. The largest absolute Gasteiger partial charge is 0.377 e. The first-order valence-electron chi connectivity index (χ1n) is 10.2. The molecule has 146 valence electrons. The van der Waals surface area contributed by atoms with Crippen LogP contribution >= 0.6 is 11.3 Å². The Hall–Kier alpha value is -1.28. The van der Waals surface area contributed by atoms with Gasteiger partial charge in [-0.05, 0) is 37.8 Å². The summed E-state index contributed by atoms with van der Waals surface area (Å²) in [6.07, 6.45) is 6.41. The van der Waals surface area contributed by atoms with Gasteiger partial charge >= 0.3 is 0 Å². The highest BCUT2D eigenvalue weighted by molar-refractivity contribution is 7.12. The molecule has 27 heavy (non-hydrogen) atoms. The SMILES string of the molecule is CCc1cc2c(s1)CCO[C@@]21CCN(Cc2cn(C3COC3)nn2)[C@@H](C)C1. The van der Waals surface area contributed by atoms with Gasteiger partial charge in [0.2, 0.25) is 0 Å². The summed E-state index contributed by atoms with van der Waals surface area (Å²) in [6, 6.07) is 3.26. The van der Waals surface area contributed by atoms with Crippen molar-refractivity contribution in [2.45, 2.75) is 63.8 Å². The van der Waals surface area contributed by atoms with Crippen LogP contribution in [0.25, 0.3) is 0 Å². The van der Waals surface area contributed by atoms with Gasteiger partial charge in [-0.25, -0.2) is 4.68 Å². The summed E-state index contributed by atoms with van der Waals surface area (Å²) in [5.74, 6) is 0. The second-order valence-corrected chi connectivity index (χ2v) is 9.37. The van der Waals surface area contributed by atoms with E-state index >= 15 is 0 Å². The lowest BCUT2D eigenvalue weighted by atomic mass is 9.79. The topological polar surface area (TPSA) is 52.4 Å². The van der Waals surface area contributed by atoms with E-state index in [2.05, 4.69) is 41.3 Å². The smallest absolute Gasteiger partial charge is 0.100 e. The molecule has 0 radical (unpaired) electrons. The average Bonchev–Trinajstić information content (AvgIpc) is 3.24. The number of piperidine rings is 1. The van der Waals surface area contributed by atoms with Crippen LogP contribution in [0.15, 0.2) is 12.3 Å². The molecule has 0 saturated carbocycles. The maximum absolute atomic E-state index is 6.45. The van der Waals surface area contributed by atoms with Crippen LogP contribution in [0.3, 0.4) is 0 Å². The van der Waals surface area contributed by atoms with Crippen molar-refractivity contribution in [3.05, 3.63) is 33.3 Å². The van der Waals surface area contributed by atoms with Gasteiger partial charge in [0.15, 0.2) is 0 Å². The molecule has 1 spiro atoms. The highest BCUT2D eigenvalue weighted by Gasteiger charge is 2.44. The Morgan fingerprint density at radius 3 is 3.00 bits per heavy atom. The molecule has 2 aromatic heterocycles. The van der Waals surface area contributed by atoms with Gasteiger partial charge in [0.05, 0.1) is 37.3 Å². The standard InChI is InChI=1S/C20H28N4O2S/c1-3-17-8-18-19(27-17)4-7-26-20(18)5-6-23(14(2)9-20)10-15-11-24(22-21-15)16-12-25-13-16/h8,11,14,16H,3-7,9-10,12-13H2,1-2H3/t14-,20+/m0/s1. The van der Waals surface area contributed by atoms with Gasteiger partial charge in [-0.3, -0.25) is 4.90 Å². The lowest BCUT2D eigenvalue weighted by molar-refractivity contribution is -0.112. The molecule has 2 saturated heterocycles. The maximum atomic E-state index is 6.45. The van der Waals surface area contributed by atoms with E-state index in [-0.39, 0.29) is 5.60 Å². The molecule has 0 unspecified atom stereocenters. The normalized spacial score (nSPS) is 29.0. The van der Waals surface area contributed by atoms with E-state index in [4.69, 9.17) is 9.47 Å². The molecule has 2 fully saturated rings. The third kappa shape index (κ3) is 3.14. The number of fused-ring (bicyclic) bond motifs is 2. The van der Waals surface area contributed by atoms with Gasteiger partial charge in [0.25, 0.3) is 0 Å². The molecule has 5 heterocycles. The first-order valence-corrected chi connectivity index (χ1v) is 11.0. The summed E-state index contributed by atoms with van der Waals surface area (Å²) in [4.78, 5) is 5.59. The number of nitrogens with zero attached hydrogens (tertiary/aromatic N) is 4. The van der Waals surface area contributed by atoms with Gasteiger partial charge in [0, 0.05) is 35.3 Å². The highest BCUT2D eigenvalue weighted by Crippen LogP contribution is 2.46. The van der Waals surface area contributed by atoms with Gasteiger partial charge in [-0.2, -0.15) is 0 Å². The molecule has 3 aliphatic heterocycles. The van der Waals surface area contributed by atoms with Crippen LogP contribution in [0.5, 0.6) is 0 Å². The molecule has 5 rings (SSSR count). The maximum Gasteiger partial charge on any atom is 0.100 e. The van der Waals surface area contributed by atoms with Gasteiger partial charge in [-0.15, -0.1) is 16.4 Å². The summed E-state index contributed by atoms with van der Waals surface area (Å²) >= 11 is 2.00. The predicted molar refractivity (Wildman–Crippen MR) is 104 cm³/mol. The van der Waals surface area contributed by atoms with Gasteiger partial charge in [0.1, 0.15) is 6.04 Å². The monoisotopic (exact) mass is 388 g/mol. The van der Waals surface area contributed by atoms with Gasteiger partial charge in [-0.1, -0.05) is 12.1 Å². The minimum atomic E-state index is -0.0751. The Labute approximate surface area is 164 Å². The number of likely N-dealkylation sites (tertiary alicyclic amines) is 1. The second kappa shape index (κ2) is 6.95. The van der Waals surface area contributed by atoms with Crippen molar-refractivity contribution in [3.8, 4) is 0 Å². The Kier molecular flexibility index (Phi) is 4.58. The fourth-order valence-corrected chi connectivity index (χ4v) is 5.84. The van der Waals surface area contributed by atoms with Crippen LogP contribution in [-0.2, 0) is 34.5 Å². The Bertz CT molecular complexity index is 815. The van der Waals surface area contributed by atoms with Crippen molar-refractivity contribution in [2.75, 3.05) is 26.4 Å². The zero-order valence-corrected chi connectivity index (χ0v) is 17.0. The van der Waals surface area contributed by atoms with Crippen molar-refractivity contribution in [1.82, 2.24) is 19.9 Å². The molecular formula is C20H28N4O2S. The third-order valence-electron chi connectivity index (χ3n) is 6.38. The van der Waals surface area contributed by atoms with Crippen LogP contribution < -0.4 is 0 Å². The summed E-state index contributed by atoms with van der Waals surface area (Å²) in [5.41, 5.74) is 2.46. The quantitative estimate of drug-likeness (QED) is 0.806. The molecule has 0 aliphatic carbocycles. The van der Waals surface area contributed by atoms with E-state index in [0.717, 1.165) is 64.3 Å². The number of aromatic nitrogens is 3. The fourth-order valence-electron chi connectivity index (χ4n) is 4.66. The lowest BCUT2D eigenvalue weighted by Gasteiger charge is -2.47. The van der Waals surface area contributed by atoms with E-state index in [0.29, 0.717) is 12.1 Å². The summed E-state index contributed by atoms with van der Waals surface area (Å²) < 4.78 is 13.7. The number of rotatable bonds is 4. The van der Waals surface area contributed by atoms with Crippen LogP contribution in [0.2, 0.25) is 0 Å². The number of aryl methyl sites for hydroxylation is 1. The first kappa shape index (κ1) is 17.8. The molecule has 6 nitrogen and oxygen atoms in total. The molecule has 0 aromatic carbocycles. The number of hydrogen-bond acceptors (Lipinski definition) is 6. The van der Waals surface area contributed by atoms with Crippen molar-refractivity contribution < 1.29 is 9.47 Å². The van der Waals surface area contributed by atoms with E-state index in [9.17, 15) is 0 Å². The van der Waals surface area contributed by atoms with Crippen LogP contribution in [0.1, 0.15) is 53.7 Å². The number of hydrogen-bond donors (Lipinski definition) is 0. The average molecular weight is 389 g/mol. The molecule has 0 amide bonds. The Morgan fingerprint density at radius 1 is 1.37 bits per heavy atom. The minimum absolute atomic E-state index is 0.0751. The van der Waals surface area contributed by atoms with Crippen molar-refractivity contribution in [3.63, 3.8) is 0 Å². The second-order valence-electron chi connectivity index (χ2n) is 8.15. The Balaban J connectivity index is 1.29. The molecule has 7 heteroatoms. The van der Waals surface area contributed by atoms with Crippen LogP contribution in [0, 0.1) is 0 Å². The van der Waals surface area contributed by atoms with E-state index in [1.54, 1.807) is 4.88 Å². The lowest BCUT2D eigenvalue weighted by Crippen LogP contribution is -2.50. The molecule has 0 bridgehead atoms. The summed E-state index contributed by atoms with van der Waals surface area (Å²) in [5, 5.41) is 8.68. The van der Waals surface area contributed by atoms with E-state index < -0.39 is 0 Å². The van der Waals surface area contributed by atoms with Crippen molar-refractivity contribution in [1.29, 1.82) is 0 Å². The number of ether oxygens (including phenoxy) is 2. The van der Waals surface area contributed by atoms with Crippen LogP contribution in [-0.4, -0.2) is 52.3 Å². The van der Waals surface area contributed by atoms with E-state index in [1.807, 2.05) is 16.0 Å². The highest BCUT2D eigenvalue weighted by atomic mass is 32.1. The van der Waals surface area contributed by atoms with Crippen molar-refractivity contribution in [2.24, 2.45) is 0 Å². The zero-order chi connectivity index (χ0) is 18.4. The molecule has 2 aromatic rings. The van der Waals surface area contributed by atoms with E-state index in [1.165, 1.54) is 10.4 Å². The first-order chi connectivity index (χ1) is 13.2. The summed E-state index contributed by atoms with van der Waals surface area (Å²) in [7, 11) is 0. The molecule has 3 aliphatic rings. The minimum Gasteiger partial charge on any atom is -0.377 e. The Morgan fingerprint density at radius 2 is 2.26 bits per heavy atom. The number of thiophene rings is 1. The predicted octanol–water partition coefficient (Wildman–Crippen LogP) is 2.93. The molecule has 0 N–H and O–H groups in total. The fraction of sp³-hybridized carbons (Fsp3) is 0.700. The van der Waals surface area contributed by atoms with Gasteiger partial charge < -0.3 is 9.47 Å². The van der Waals surface area contributed by atoms with Crippen molar-refractivity contribution >= 4 is 11.3 Å². The molecule has 2 atom stereocenters. The van der Waals surface area contributed by atoms with Crippen LogP contribution in [0.4, 0.5) is 0 Å².